The van der Waals surface area contributed by atoms with Gasteiger partial charge in [0.1, 0.15) is 0 Å². The first-order chi connectivity index (χ1) is 12.2. The number of rotatable bonds is 5. The summed E-state index contributed by atoms with van der Waals surface area (Å²) in [4.78, 5) is 27.7. The number of aromatic nitrogens is 5. The van der Waals surface area contributed by atoms with Gasteiger partial charge in [-0.3, -0.25) is 14.6 Å². The van der Waals surface area contributed by atoms with Gasteiger partial charge in [-0.2, -0.15) is 9.61 Å². The summed E-state index contributed by atoms with van der Waals surface area (Å²) in [6.45, 7) is 0. The molecule has 25 heavy (non-hydrogen) atoms. The quantitative estimate of drug-likeness (QED) is 0.429. The molecule has 0 radical (unpaired) electrons. The largest absolute Gasteiger partial charge is 0.292 e. The maximum Gasteiger partial charge on any atom is 0.279 e. The molecule has 0 aliphatic heterocycles. The van der Waals surface area contributed by atoms with E-state index >= 15 is 0 Å². The van der Waals surface area contributed by atoms with Crippen molar-refractivity contribution in [1.82, 2.24) is 24.8 Å². The Bertz CT molecular complexity index is 1090. The van der Waals surface area contributed by atoms with Crippen molar-refractivity contribution in [3.8, 4) is 11.3 Å². The molecule has 0 fully saturated rings. The number of Topliss-reactive ketones (excluding diaryl/α,β-unsaturated/α-hetero) is 1. The Morgan fingerprint density at radius 3 is 2.76 bits per heavy atom. The predicted molar refractivity (Wildman–Crippen MR) is 96.2 cm³/mol. The zero-order valence-corrected chi connectivity index (χ0v) is 14.4. The lowest BCUT2D eigenvalue weighted by molar-refractivity contribution is 0.102. The summed E-state index contributed by atoms with van der Waals surface area (Å²) in [7, 11) is 0. The highest BCUT2D eigenvalue weighted by atomic mass is 32.2. The number of ketones is 1. The van der Waals surface area contributed by atoms with Crippen LogP contribution in [0.25, 0.3) is 17.0 Å². The number of carbonyl (C=O) groups excluding carboxylic acids is 1. The minimum absolute atomic E-state index is 0.0180. The van der Waals surface area contributed by atoms with Crippen LogP contribution in [0.15, 0.2) is 57.8 Å². The van der Waals surface area contributed by atoms with E-state index in [9.17, 15) is 9.59 Å². The van der Waals surface area contributed by atoms with Crippen LogP contribution in [-0.4, -0.2) is 36.3 Å². The van der Waals surface area contributed by atoms with E-state index in [2.05, 4.69) is 20.3 Å². The van der Waals surface area contributed by atoms with E-state index in [4.69, 9.17) is 0 Å². The molecular weight excluding hydrogens is 358 g/mol. The summed E-state index contributed by atoms with van der Waals surface area (Å²) in [6, 6.07) is 12.8. The van der Waals surface area contributed by atoms with Gasteiger partial charge >= 0.3 is 0 Å². The zero-order chi connectivity index (χ0) is 17.2. The maximum atomic E-state index is 12.2. The molecule has 0 amide bonds. The molecule has 0 spiro atoms. The van der Waals surface area contributed by atoms with E-state index in [0.29, 0.717) is 15.6 Å². The van der Waals surface area contributed by atoms with Crippen LogP contribution in [0.4, 0.5) is 0 Å². The third-order valence-electron chi connectivity index (χ3n) is 3.43. The van der Waals surface area contributed by atoms with Crippen LogP contribution in [0, 0.1) is 0 Å². The van der Waals surface area contributed by atoms with E-state index in [0.717, 1.165) is 0 Å². The van der Waals surface area contributed by atoms with Crippen LogP contribution in [0.3, 0.4) is 0 Å². The van der Waals surface area contributed by atoms with E-state index in [-0.39, 0.29) is 28.6 Å². The van der Waals surface area contributed by atoms with Crippen molar-refractivity contribution in [1.29, 1.82) is 0 Å². The van der Waals surface area contributed by atoms with Crippen LogP contribution in [-0.2, 0) is 0 Å². The summed E-state index contributed by atoms with van der Waals surface area (Å²) < 4.78 is 1.45. The molecule has 0 aliphatic rings. The Balaban J connectivity index is 1.66. The standard InChI is InChI=1S/C16H11N5O2S2/c22-11(12-7-4-8-24-12)9-25-16-19-18-15-17-14(23)13(20-21(15)16)10-5-2-1-3-6-10/h1-8H,9H2,(H,17,18,23). The molecule has 1 N–H and O–H groups in total. The van der Waals surface area contributed by atoms with Gasteiger partial charge in [0.05, 0.1) is 10.6 Å². The van der Waals surface area contributed by atoms with Crippen LogP contribution >= 0.6 is 23.1 Å². The van der Waals surface area contributed by atoms with E-state index in [1.807, 2.05) is 29.6 Å². The maximum absolute atomic E-state index is 12.2. The Hall–Kier alpha value is -2.78. The molecule has 0 unspecified atom stereocenters. The minimum atomic E-state index is -0.336. The number of hydrogen-bond acceptors (Lipinski definition) is 7. The number of hydrogen-bond donors (Lipinski definition) is 1. The smallest absolute Gasteiger partial charge is 0.279 e. The van der Waals surface area contributed by atoms with Crippen LogP contribution in [0.5, 0.6) is 0 Å². The fourth-order valence-corrected chi connectivity index (χ4v) is 3.77. The third kappa shape index (κ3) is 3.11. The molecule has 0 saturated carbocycles. The molecule has 0 bridgehead atoms. The first-order valence-electron chi connectivity index (χ1n) is 7.33. The van der Waals surface area contributed by atoms with Gasteiger partial charge in [-0.25, -0.2) is 0 Å². The number of aromatic amines is 1. The predicted octanol–water partition coefficient (Wildman–Crippen LogP) is 2.52. The molecule has 0 aliphatic carbocycles. The number of thiophene rings is 1. The molecule has 3 aromatic heterocycles. The van der Waals surface area contributed by atoms with Crippen molar-refractivity contribution in [3.05, 3.63) is 63.1 Å². The molecule has 7 nitrogen and oxygen atoms in total. The average Bonchev–Trinajstić information content (AvgIpc) is 3.30. The fourth-order valence-electron chi connectivity index (χ4n) is 2.25. The molecule has 1 aromatic carbocycles. The summed E-state index contributed by atoms with van der Waals surface area (Å²) in [6.07, 6.45) is 0. The van der Waals surface area contributed by atoms with E-state index < -0.39 is 0 Å². The highest BCUT2D eigenvalue weighted by Gasteiger charge is 2.15. The SMILES string of the molecule is O=C(CSc1nnc2[nH]c(=O)c(-c3ccccc3)nn12)c1cccs1. The molecular formula is C16H11N5O2S2. The first kappa shape index (κ1) is 15.7. The molecule has 124 valence electrons. The fraction of sp³-hybridized carbons (Fsp3) is 0.0625. The third-order valence-corrected chi connectivity index (χ3v) is 5.26. The molecule has 3 heterocycles. The molecule has 0 saturated heterocycles. The van der Waals surface area contributed by atoms with Crippen molar-refractivity contribution in [2.75, 3.05) is 5.75 Å². The van der Waals surface area contributed by atoms with Gasteiger partial charge in [0.25, 0.3) is 11.3 Å². The second-order valence-electron chi connectivity index (χ2n) is 5.08. The van der Waals surface area contributed by atoms with Crippen molar-refractivity contribution in [3.63, 3.8) is 0 Å². The first-order valence-corrected chi connectivity index (χ1v) is 9.19. The highest BCUT2D eigenvalue weighted by Crippen LogP contribution is 2.19. The minimum Gasteiger partial charge on any atom is -0.292 e. The molecule has 9 heteroatoms. The number of thioether (sulfide) groups is 1. The Labute approximate surface area is 149 Å². The summed E-state index contributed by atoms with van der Waals surface area (Å²) in [5.41, 5.74) is 0.640. The number of H-pyrrole nitrogens is 1. The number of carbonyl (C=O) groups is 1. The van der Waals surface area contributed by atoms with Crippen molar-refractivity contribution < 1.29 is 4.79 Å². The monoisotopic (exact) mass is 369 g/mol. The van der Waals surface area contributed by atoms with Crippen molar-refractivity contribution in [2.45, 2.75) is 5.16 Å². The topological polar surface area (TPSA) is 93.0 Å². The number of nitrogens with one attached hydrogen (secondary N) is 1. The number of fused-ring (bicyclic) bond motifs is 1. The number of benzene rings is 1. The normalized spacial score (nSPS) is 11.0. The van der Waals surface area contributed by atoms with Gasteiger partial charge in [0, 0.05) is 5.56 Å². The van der Waals surface area contributed by atoms with Crippen LogP contribution in [0.1, 0.15) is 9.67 Å². The Kier molecular flexibility index (Phi) is 4.16. The van der Waals surface area contributed by atoms with E-state index in [1.165, 1.54) is 27.6 Å². The average molecular weight is 369 g/mol. The van der Waals surface area contributed by atoms with Gasteiger partial charge in [0.2, 0.25) is 5.16 Å². The van der Waals surface area contributed by atoms with Gasteiger partial charge < -0.3 is 0 Å². The second kappa shape index (κ2) is 6.61. The van der Waals surface area contributed by atoms with Crippen molar-refractivity contribution in [2.24, 2.45) is 0 Å². The zero-order valence-electron chi connectivity index (χ0n) is 12.7. The summed E-state index contributed by atoms with van der Waals surface area (Å²) in [5, 5.41) is 14.6. The van der Waals surface area contributed by atoms with Gasteiger partial charge in [0.15, 0.2) is 11.5 Å². The highest BCUT2D eigenvalue weighted by molar-refractivity contribution is 7.99. The van der Waals surface area contributed by atoms with Crippen molar-refractivity contribution >= 4 is 34.7 Å². The molecule has 4 aromatic rings. The molecule has 4 rings (SSSR count). The summed E-state index contributed by atoms with van der Waals surface area (Å²) in [5.74, 6) is 0.489. The van der Waals surface area contributed by atoms with E-state index in [1.54, 1.807) is 18.2 Å². The van der Waals surface area contributed by atoms with Gasteiger partial charge in [-0.05, 0) is 11.4 Å². The Morgan fingerprint density at radius 1 is 1.16 bits per heavy atom. The number of nitrogens with zero attached hydrogens (tertiary/aromatic N) is 4. The second-order valence-corrected chi connectivity index (χ2v) is 6.97. The van der Waals surface area contributed by atoms with Crippen LogP contribution in [0.2, 0.25) is 0 Å². The molecule has 0 atom stereocenters. The summed E-state index contributed by atoms with van der Waals surface area (Å²) >= 11 is 2.64. The van der Waals surface area contributed by atoms with Gasteiger partial charge in [-0.1, -0.05) is 48.2 Å². The Morgan fingerprint density at radius 2 is 2.00 bits per heavy atom. The van der Waals surface area contributed by atoms with Crippen LogP contribution < -0.4 is 5.56 Å². The lowest BCUT2D eigenvalue weighted by atomic mass is 10.2. The van der Waals surface area contributed by atoms with Gasteiger partial charge in [-0.15, -0.1) is 21.5 Å². The lowest BCUT2D eigenvalue weighted by Crippen LogP contribution is -2.15. The lowest BCUT2D eigenvalue weighted by Gasteiger charge is -2.02.